The number of amidine groups is 1. The van der Waals surface area contributed by atoms with Crippen LogP contribution >= 0.6 is 11.8 Å². The van der Waals surface area contributed by atoms with Gasteiger partial charge in [0.1, 0.15) is 5.82 Å². The zero-order valence-corrected chi connectivity index (χ0v) is 13.0. The van der Waals surface area contributed by atoms with Gasteiger partial charge >= 0.3 is 0 Å². The molecule has 1 aromatic rings. The normalized spacial score (nSPS) is 18.1. The lowest BCUT2D eigenvalue weighted by Gasteiger charge is -2.27. The van der Waals surface area contributed by atoms with Crippen molar-refractivity contribution in [3.8, 4) is 0 Å². The second-order valence-corrected chi connectivity index (χ2v) is 6.76. The molecule has 1 aliphatic rings. The zero-order chi connectivity index (χ0) is 15.3. The molecule has 1 aromatic carbocycles. The molecule has 0 unspecified atom stereocenters. The summed E-state index contributed by atoms with van der Waals surface area (Å²) in [6, 6.07) is 4.64. The van der Waals surface area contributed by atoms with Crippen molar-refractivity contribution in [2.45, 2.75) is 37.0 Å². The summed E-state index contributed by atoms with van der Waals surface area (Å²) in [7, 11) is 0. The summed E-state index contributed by atoms with van der Waals surface area (Å²) in [5.74, 6) is -0.420. The van der Waals surface area contributed by atoms with E-state index in [1.165, 1.54) is 31.7 Å². The topological polar surface area (TPSA) is 70.6 Å². The summed E-state index contributed by atoms with van der Waals surface area (Å²) in [4.78, 5) is 0. The summed E-state index contributed by atoms with van der Waals surface area (Å²) in [6.45, 7) is 1.39. The van der Waals surface area contributed by atoms with Gasteiger partial charge in [-0.1, -0.05) is 30.1 Å². The number of hydrogen-bond donors (Lipinski definition) is 3. The number of hydrogen-bond acceptors (Lipinski definition) is 4. The van der Waals surface area contributed by atoms with E-state index in [1.54, 1.807) is 12.1 Å². The molecule has 1 aliphatic carbocycles. The molecule has 1 saturated carbocycles. The lowest BCUT2D eigenvalue weighted by molar-refractivity contribution is 0.318. The van der Waals surface area contributed by atoms with Crippen LogP contribution in [0.15, 0.2) is 23.4 Å². The molecule has 21 heavy (non-hydrogen) atoms. The van der Waals surface area contributed by atoms with Gasteiger partial charge in [0.25, 0.3) is 0 Å². The third-order valence-corrected chi connectivity index (χ3v) is 5.59. The van der Waals surface area contributed by atoms with E-state index in [2.05, 4.69) is 16.7 Å². The molecule has 1 fully saturated rings. The molecule has 0 aromatic heterocycles. The average molecular weight is 311 g/mol. The Labute approximate surface area is 129 Å². The Kier molecular flexibility index (Phi) is 5.47. The molecule has 4 nitrogen and oxygen atoms in total. The largest absolute Gasteiger partial charge is 0.409 e. The fourth-order valence-electron chi connectivity index (χ4n) is 2.81. The van der Waals surface area contributed by atoms with Gasteiger partial charge in [-0.15, -0.1) is 0 Å². The molecule has 0 radical (unpaired) electrons. The Hall–Kier alpha value is -1.27. The molecule has 0 saturated heterocycles. The Morgan fingerprint density at radius 3 is 2.76 bits per heavy atom. The van der Waals surface area contributed by atoms with E-state index in [9.17, 15) is 4.39 Å². The molecule has 0 bridgehead atoms. The first-order chi connectivity index (χ1) is 10.1. The van der Waals surface area contributed by atoms with Crippen LogP contribution < -0.4 is 11.1 Å². The first-order valence-corrected chi connectivity index (χ1v) is 8.35. The smallest absolute Gasteiger partial charge is 0.170 e. The second-order valence-electron chi connectivity index (χ2n) is 5.49. The predicted octanol–water partition coefficient (Wildman–Crippen LogP) is 2.69. The van der Waals surface area contributed by atoms with Crippen LogP contribution in [0.25, 0.3) is 0 Å². The third-order valence-electron chi connectivity index (χ3n) is 4.17. The van der Waals surface area contributed by atoms with Gasteiger partial charge < -0.3 is 16.3 Å². The Bertz CT molecular complexity index is 516. The highest BCUT2D eigenvalue weighted by atomic mass is 32.2. The van der Waals surface area contributed by atoms with Gasteiger partial charge in [0.2, 0.25) is 0 Å². The number of nitrogens with two attached hydrogens (primary N) is 1. The molecular weight excluding hydrogens is 289 g/mol. The Balaban J connectivity index is 1.94. The summed E-state index contributed by atoms with van der Waals surface area (Å²) in [5, 5.41) is 14.8. The summed E-state index contributed by atoms with van der Waals surface area (Å²) in [6.07, 6.45) is 7.17. The number of oxime groups is 1. The van der Waals surface area contributed by atoms with Gasteiger partial charge in [0, 0.05) is 29.0 Å². The first-order valence-electron chi connectivity index (χ1n) is 7.12. The number of nitrogens with one attached hydrogen (secondary N) is 1. The predicted molar refractivity (Wildman–Crippen MR) is 85.3 cm³/mol. The van der Waals surface area contributed by atoms with E-state index in [-0.39, 0.29) is 11.7 Å². The fourth-order valence-corrected chi connectivity index (χ4v) is 3.75. The molecular formula is C15H22FN3OS. The summed E-state index contributed by atoms with van der Waals surface area (Å²) < 4.78 is 14.3. The van der Waals surface area contributed by atoms with Gasteiger partial charge in [-0.25, -0.2) is 4.39 Å². The van der Waals surface area contributed by atoms with E-state index in [1.807, 2.05) is 11.8 Å². The minimum atomic E-state index is -0.337. The molecule has 4 N–H and O–H groups in total. The van der Waals surface area contributed by atoms with E-state index >= 15 is 0 Å². The van der Waals surface area contributed by atoms with E-state index in [0.29, 0.717) is 22.4 Å². The highest BCUT2D eigenvalue weighted by molar-refractivity contribution is 8.00. The van der Waals surface area contributed by atoms with Crippen LogP contribution in [0.5, 0.6) is 0 Å². The SMILES string of the molecule is CSC1(CNCc2ccc(/C(N)=N/O)cc2F)CCCC1. The molecule has 116 valence electrons. The maximum Gasteiger partial charge on any atom is 0.170 e. The Morgan fingerprint density at radius 1 is 1.48 bits per heavy atom. The maximum atomic E-state index is 14.0. The lowest BCUT2D eigenvalue weighted by atomic mass is 10.1. The molecule has 0 atom stereocenters. The van der Waals surface area contributed by atoms with Crippen LogP contribution in [0.3, 0.4) is 0 Å². The molecule has 0 aliphatic heterocycles. The molecule has 6 heteroatoms. The van der Waals surface area contributed by atoms with Crippen molar-refractivity contribution in [1.82, 2.24) is 5.32 Å². The average Bonchev–Trinajstić information content (AvgIpc) is 2.97. The molecule has 0 heterocycles. The van der Waals surface area contributed by atoms with Crippen molar-refractivity contribution in [2.24, 2.45) is 10.9 Å². The highest BCUT2D eigenvalue weighted by Gasteiger charge is 2.32. The van der Waals surface area contributed by atoms with Crippen LogP contribution in [0.4, 0.5) is 4.39 Å². The monoisotopic (exact) mass is 311 g/mol. The van der Waals surface area contributed by atoms with Crippen molar-refractivity contribution in [1.29, 1.82) is 0 Å². The van der Waals surface area contributed by atoms with Crippen molar-refractivity contribution in [3.63, 3.8) is 0 Å². The van der Waals surface area contributed by atoms with E-state index in [4.69, 9.17) is 10.9 Å². The second kappa shape index (κ2) is 7.13. The molecule has 0 spiro atoms. The standard InChI is InChI=1S/C15H22FN3OS/c1-21-15(6-2-3-7-15)10-18-9-12-5-4-11(8-13(12)16)14(17)19-20/h4-5,8,18,20H,2-3,6-7,9-10H2,1H3,(H2,17,19). The van der Waals surface area contributed by atoms with Crippen LogP contribution in [-0.2, 0) is 6.54 Å². The van der Waals surface area contributed by atoms with Gasteiger partial charge in [0.05, 0.1) is 0 Å². The van der Waals surface area contributed by atoms with Crippen LogP contribution in [0.2, 0.25) is 0 Å². The van der Waals surface area contributed by atoms with Crippen molar-refractivity contribution in [3.05, 3.63) is 35.1 Å². The lowest BCUT2D eigenvalue weighted by Crippen LogP contribution is -2.34. The Morgan fingerprint density at radius 2 is 2.19 bits per heavy atom. The quantitative estimate of drug-likeness (QED) is 0.327. The summed E-state index contributed by atoms with van der Waals surface area (Å²) in [5.41, 5.74) is 6.43. The van der Waals surface area contributed by atoms with Gasteiger partial charge in [-0.3, -0.25) is 0 Å². The van der Waals surface area contributed by atoms with Gasteiger partial charge in [-0.2, -0.15) is 11.8 Å². The van der Waals surface area contributed by atoms with Crippen LogP contribution in [-0.4, -0.2) is 28.6 Å². The van der Waals surface area contributed by atoms with Crippen molar-refractivity contribution < 1.29 is 9.60 Å². The van der Waals surface area contributed by atoms with Crippen molar-refractivity contribution >= 4 is 17.6 Å². The maximum absolute atomic E-state index is 14.0. The molecule has 2 rings (SSSR count). The number of halogens is 1. The number of thioether (sulfide) groups is 1. The zero-order valence-electron chi connectivity index (χ0n) is 12.2. The minimum absolute atomic E-state index is 0.0827. The van der Waals surface area contributed by atoms with Crippen molar-refractivity contribution in [2.75, 3.05) is 12.8 Å². The minimum Gasteiger partial charge on any atom is -0.409 e. The highest BCUT2D eigenvalue weighted by Crippen LogP contribution is 2.39. The van der Waals surface area contributed by atoms with E-state index < -0.39 is 0 Å². The number of nitrogens with zero attached hydrogens (tertiary/aromatic N) is 1. The fraction of sp³-hybridized carbons (Fsp3) is 0.533. The first kappa shape index (κ1) is 16.1. The van der Waals surface area contributed by atoms with Gasteiger partial charge in [0.15, 0.2) is 5.84 Å². The molecule has 0 amide bonds. The number of benzene rings is 1. The third kappa shape index (κ3) is 3.89. The number of rotatable bonds is 6. The van der Waals surface area contributed by atoms with Crippen LogP contribution in [0, 0.1) is 5.82 Å². The van der Waals surface area contributed by atoms with E-state index in [0.717, 1.165) is 6.54 Å². The van der Waals surface area contributed by atoms with Crippen LogP contribution in [0.1, 0.15) is 36.8 Å². The van der Waals surface area contributed by atoms with Gasteiger partial charge in [-0.05, 0) is 25.2 Å². The summed E-state index contributed by atoms with van der Waals surface area (Å²) >= 11 is 1.91.